The van der Waals surface area contributed by atoms with Gasteiger partial charge < -0.3 is 15.6 Å². The van der Waals surface area contributed by atoms with E-state index in [9.17, 15) is 27.5 Å². The van der Waals surface area contributed by atoms with Crippen molar-refractivity contribution >= 4 is 5.97 Å². The van der Waals surface area contributed by atoms with E-state index in [0.29, 0.717) is 18.2 Å². The number of phenolic OH excluding ortho intramolecular Hbond substituents is 1. The number of hydrogen-bond donors (Lipinski definition) is 2. The van der Waals surface area contributed by atoms with E-state index in [1.54, 1.807) is 26.8 Å². The summed E-state index contributed by atoms with van der Waals surface area (Å²) in [5.41, 5.74) is 5.41. The van der Waals surface area contributed by atoms with Crippen LogP contribution in [0.3, 0.4) is 0 Å². The Balaban J connectivity index is 0.000000568. The summed E-state index contributed by atoms with van der Waals surface area (Å²) in [5, 5.41) is 10.0. The van der Waals surface area contributed by atoms with Crippen LogP contribution in [-0.4, -0.2) is 17.7 Å². The molecule has 4 nitrogen and oxygen atoms in total. The average Bonchev–Trinajstić information content (AvgIpc) is 2.54. The van der Waals surface area contributed by atoms with Crippen molar-refractivity contribution in [2.24, 2.45) is 5.73 Å². The number of aryl methyl sites for hydroxylation is 2. The molecule has 0 aliphatic carbocycles. The second kappa shape index (κ2) is 9.54. The van der Waals surface area contributed by atoms with E-state index in [1.165, 1.54) is 19.1 Å². The first-order chi connectivity index (χ1) is 12.9. The van der Waals surface area contributed by atoms with Crippen LogP contribution in [0.2, 0.25) is 0 Å². The van der Waals surface area contributed by atoms with Gasteiger partial charge in [-0.3, -0.25) is 4.79 Å². The molecule has 0 fully saturated rings. The molecule has 0 saturated carbocycles. The van der Waals surface area contributed by atoms with Crippen molar-refractivity contribution in [3.8, 4) is 16.9 Å². The molecule has 0 atom stereocenters. The molecule has 0 saturated heterocycles. The predicted molar refractivity (Wildman–Crippen MR) is 98.2 cm³/mol. The molecule has 8 heteroatoms. The third-order valence-corrected chi connectivity index (χ3v) is 3.77. The van der Waals surface area contributed by atoms with Crippen molar-refractivity contribution < 1.29 is 32.2 Å². The van der Waals surface area contributed by atoms with E-state index in [-0.39, 0.29) is 35.0 Å². The van der Waals surface area contributed by atoms with E-state index in [2.05, 4.69) is 4.74 Å². The van der Waals surface area contributed by atoms with Crippen LogP contribution in [0.1, 0.15) is 36.1 Å². The summed E-state index contributed by atoms with van der Waals surface area (Å²) in [5.74, 6) is -1.74. The SMILES string of the molecule is CCOC(C)=O.Cc1cc(C)c(-c2cc(CN)c(F)c(C(F)(F)F)c2)c(O)c1. The number of nitrogens with two attached hydrogens (primary N) is 1. The van der Waals surface area contributed by atoms with Gasteiger partial charge in [-0.05, 0) is 55.7 Å². The monoisotopic (exact) mass is 401 g/mol. The first-order valence-corrected chi connectivity index (χ1v) is 8.45. The maximum absolute atomic E-state index is 13.9. The number of hydrogen-bond acceptors (Lipinski definition) is 4. The van der Waals surface area contributed by atoms with Crippen LogP contribution in [-0.2, 0) is 22.3 Å². The Kier molecular flexibility index (Phi) is 7.99. The van der Waals surface area contributed by atoms with Crippen molar-refractivity contribution in [3.63, 3.8) is 0 Å². The van der Waals surface area contributed by atoms with Crippen LogP contribution in [0.5, 0.6) is 5.75 Å². The molecule has 2 aromatic carbocycles. The highest BCUT2D eigenvalue weighted by molar-refractivity contribution is 5.75. The van der Waals surface area contributed by atoms with Crippen LogP contribution >= 0.6 is 0 Å². The van der Waals surface area contributed by atoms with Gasteiger partial charge in [0.1, 0.15) is 11.6 Å². The number of aromatic hydroxyl groups is 1. The fraction of sp³-hybridized carbons (Fsp3) is 0.350. The van der Waals surface area contributed by atoms with Crippen molar-refractivity contribution in [1.29, 1.82) is 0 Å². The molecule has 2 rings (SSSR count). The molecule has 0 spiro atoms. The van der Waals surface area contributed by atoms with Gasteiger partial charge in [-0.2, -0.15) is 13.2 Å². The number of esters is 1. The number of halogens is 4. The van der Waals surface area contributed by atoms with Gasteiger partial charge in [-0.15, -0.1) is 0 Å². The predicted octanol–water partition coefficient (Wildman–Crippen LogP) is 4.86. The van der Waals surface area contributed by atoms with Crippen LogP contribution < -0.4 is 5.73 Å². The van der Waals surface area contributed by atoms with Gasteiger partial charge in [0.15, 0.2) is 0 Å². The van der Waals surface area contributed by atoms with E-state index < -0.39 is 17.6 Å². The minimum absolute atomic E-state index is 0.0872. The summed E-state index contributed by atoms with van der Waals surface area (Å²) >= 11 is 0. The van der Waals surface area contributed by atoms with E-state index in [0.717, 1.165) is 5.56 Å². The van der Waals surface area contributed by atoms with Gasteiger partial charge in [0, 0.05) is 24.6 Å². The average molecular weight is 401 g/mol. The zero-order chi connectivity index (χ0) is 21.6. The molecule has 0 radical (unpaired) electrons. The Morgan fingerprint density at radius 3 is 2.18 bits per heavy atom. The number of carbonyl (C=O) groups is 1. The Bertz CT molecular complexity index is 825. The number of carbonyl (C=O) groups excluding carboxylic acids is 1. The molecule has 0 heterocycles. The first kappa shape index (κ1) is 23.4. The molecule has 0 aliphatic rings. The molecule has 0 bridgehead atoms. The number of ether oxygens (including phenoxy) is 1. The molecular formula is C20H23F4NO3. The maximum Gasteiger partial charge on any atom is 0.419 e. The zero-order valence-electron chi connectivity index (χ0n) is 16.1. The summed E-state index contributed by atoms with van der Waals surface area (Å²) in [6, 6.07) is 5.11. The maximum atomic E-state index is 13.9. The molecule has 154 valence electrons. The smallest absolute Gasteiger partial charge is 0.419 e. The molecule has 0 aliphatic heterocycles. The minimum Gasteiger partial charge on any atom is -0.507 e. The lowest BCUT2D eigenvalue weighted by molar-refractivity contribution is -0.141. The molecule has 0 amide bonds. The minimum atomic E-state index is -4.84. The van der Waals surface area contributed by atoms with Gasteiger partial charge in [0.2, 0.25) is 0 Å². The van der Waals surface area contributed by atoms with Crippen LogP contribution in [0.25, 0.3) is 11.1 Å². The lowest BCUT2D eigenvalue weighted by Crippen LogP contribution is -2.12. The quantitative estimate of drug-likeness (QED) is 0.569. The Labute approximate surface area is 160 Å². The van der Waals surface area contributed by atoms with Gasteiger partial charge in [0.25, 0.3) is 0 Å². The van der Waals surface area contributed by atoms with Crippen LogP contribution in [0, 0.1) is 19.7 Å². The lowest BCUT2D eigenvalue weighted by atomic mass is 9.94. The zero-order valence-corrected chi connectivity index (χ0v) is 16.1. The molecule has 0 unspecified atom stereocenters. The van der Waals surface area contributed by atoms with Gasteiger partial charge in [0.05, 0.1) is 12.2 Å². The third-order valence-electron chi connectivity index (χ3n) is 3.77. The van der Waals surface area contributed by atoms with E-state index >= 15 is 0 Å². The summed E-state index contributed by atoms with van der Waals surface area (Å²) in [6.45, 7) is 6.71. The number of rotatable bonds is 3. The molecule has 2 aromatic rings. The molecule has 0 aromatic heterocycles. The third kappa shape index (κ3) is 5.95. The highest BCUT2D eigenvalue weighted by atomic mass is 19.4. The number of phenols is 1. The summed E-state index contributed by atoms with van der Waals surface area (Å²) < 4.78 is 57.2. The van der Waals surface area contributed by atoms with E-state index in [4.69, 9.17) is 5.73 Å². The fourth-order valence-corrected chi connectivity index (χ4v) is 2.71. The van der Waals surface area contributed by atoms with Gasteiger partial charge in [-0.1, -0.05) is 6.07 Å². The fourth-order valence-electron chi connectivity index (χ4n) is 2.71. The summed E-state index contributed by atoms with van der Waals surface area (Å²) in [7, 11) is 0. The van der Waals surface area contributed by atoms with Crippen molar-refractivity contribution in [2.75, 3.05) is 6.61 Å². The summed E-state index contributed by atoms with van der Waals surface area (Å²) in [6.07, 6.45) is -4.84. The van der Waals surface area contributed by atoms with Crippen molar-refractivity contribution in [1.82, 2.24) is 0 Å². The standard InChI is InChI=1S/C16H15F4NO.C4H8O2/c1-8-3-9(2)14(13(22)4-8)10-5-11(7-21)15(17)12(6-10)16(18,19)20;1-3-6-4(2)5/h3-6,22H,7,21H2,1-2H3;3H2,1-2H3. The van der Waals surface area contributed by atoms with Crippen molar-refractivity contribution in [2.45, 2.75) is 40.4 Å². The largest absolute Gasteiger partial charge is 0.507 e. The van der Waals surface area contributed by atoms with Crippen LogP contribution in [0.4, 0.5) is 17.6 Å². The van der Waals surface area contributed by atoms with E-state index in [1.807, 2.05) is 0 Å². The lowest BCUT2D eigenvalue weighted by Gasteiger charge is -2.16. The number of benzene rings is 2. The second-order valence-electron chi connectivity index (χ2n) is 6.10. The molecular weight excluding hydrogens is 378 g/mol. The molecule has 3 N–H and O–H groups in total. The van der Waals surface area contributed by atoms with Gasteiger partial charge in [-0.25, -0.2) is 4.39 Å². The number of alkyl halides is 3. The Morgan fingerprint density at radius 1 is 1.18 bits per heavy atom. The molecule has 28 heavy (non-hydrogen) atoms. The summed E-state index contributed by atoms with van der Waals surface area (Å²) in [4.78, 5) is 9.82. The highest BCUT2D eigenvalue weighted by Gasteiger charge is 2.35. The van der Waals surface area contributed by atoms with Crippen LogP contribution in [0.15, 0.2) is 24.3 Å². The highest BCUT2D eigenvalue weighted by Crippen LogP contribution is 2.39. The second-order valence-corrected chi connectivity index (χ2v) is 6.10. The van der Waals surface area contributed by atoms with Crippen molar-refractivity contribution in [3.05, 3.63) is 52.3 Å². The first-order valence-electron chi connectivity index (χ1n) is 8.45. The normalized spacial score (nSPS) is 10.9. The topological polar surface area (TPSA) is 72.5 Å². The van der Waals surface area contributed by atoms with Gasteiger partial charge >= 0.3 is 12.1 Å². The Hall–Kier alpha value is -2.61. The Morgan fingerprint density at radius 2 is 1.79 bits per heavy atom.